The Hall–Kier alpha value is -2.35. The topological polar surface area (TPSA) is 103 Å². The van der Waals surface area contributed by atoms with Crippen LogP contribution < -0.4 is 15.5 Å². The molecule has 0 amide bonds. The Morgan fingerprint density at radius 2 is 2.08 bits per heavy atom. The van der Waals surface area contributed by atoms with E-state index in [1.807, 2.05) is 0 Å². The van der Waals surface area contributed by atoms with Crippen LogP contribution in [-0.2, 0) is 0 Å². The molecule has 0 bridgehead atoms. The minimum atomic E-state index is -1.27. The highest BCUT2D eigenvalue weighted by Crippen LogP contribution is 2.31. The van der Waals surface area contributed by atoms with Gasteiger partial charge in [-0.1, -0.05) is 19.3 Å². The van der Waals surface area contributed by atoms with Gasteiger partial charge in [0.1, 0.15) is 5.56 Å². The van der Waals surface area contributed by atoms with Crippen LogP contribution in [0.5, 0.6) is 11.5 Å². The van der Waals surface area contributed by atoms with Crippen LogP contribution >= 0.6 is 12.2 Å². The van der Waals surface area contributed by atoms with Crippen molar-refractivity contribution in [2.75, 3.05) is 7.11 Å². The molecule has 1 aliphatic rings. The molecule has 0 spiro atoms. The molecule has 1 fully saturated rings. The first-order valence-electron chi connectivity index (χ1n) is 7.75. The number of rotatable bonds is 5. The maximum atomic E-state index is 11.3. The van der Waals surface area contributed by atoms with Crippen molar-refractivity contribution >= 4 is 29.5 Å². The Bertz CT molecular complexity index is 642. The Kier molecular flexibility index (Phi) is 6.36. The van der Waals surface area contributed by atoms with Crippen molar-refractivity contribution in [3.63, 3.8) is 0 Å². The SMILES string of the molecule is COc1ccc(/C=N/NC(=S)NC2CCCCC2)c(C(=O)O)c1O. The minimum Gasteiger partial charge on any atom is -0.504 e. The number of ether oxygens (including phenoxy) is 1. The van der Waals surface area contributed by atoms with Crippen LogP contribution in [0.1, 0.15) is 48.0 Å². The summed E-state index contributed by atoms with van der Waals surface area (Å²) < 4.78 is 4.91. The third kappa shape index (κ3) is 4.58. The molecule has 130 valence electrons. The summed E-state index contributed by atoms with van der Waals surface area (Å²) in [5.41, 5.74) is 2.65. The third-order valence-electron chi connectivity index (χ3n) is 3.92. The van der Waals surface area contributed by atoms with E-state index in [2.05, 4.69) is 15.8 Å². The van der Waals surface area contributed by atoms with E-state index in [0.717, 1.165) is 12.8 Å². The molecule has 0 radical (unpaired) electrons. The van der Waals surface area contributed by atoms with Gasteiger partial charge in [0, 0.05) is 11.6 Å². The number of benzene rings is 1. The van der Waals surface area contributed by atoms with Gasteiger partial charge in [0.25, 0.3) is 0 Å². The molecular weight excluding hydrogens is 330 g/mol. The van der Waals surface area contributed by atoms with Crippen molar-refractivity contribution in [1.29, 1.82) is 0 Å². The lowest BCUT2D eigenvalue weighted by Crippen LogP contribution is -2.40. The highest BCUT2D eigenvalue weighted by atomic mass is 32.1. The molecule has 0 saturated heterocycles. The van der Waals surface area contributed by atoms with Gasteiger partial charge in [-0.15, -0.1) is 0 Å². The van der Waals surface area contributed by atoms with Crippen LogP contribution in [0.25, 0.3) is 0 Å². The first-order valence-corrected chi connectivity index (χ1v) is 8.16. The van der Waals surface area contributed by atoms with Crippen molar-refractivity contribution in [2.45, 2.75) is 38.1 Å². The Morgan fingerprint density at radius 3 is 2.71 bits per heavy atom. The molecule has 1 saturated carbocycles. The molecule has 4 N–H and O–H groups in total. The molecular formula is C16H21N3O4S. The average molecular weight is 351 g/mol. The fraction of sp³-hybridized carbons (Fsp3) is 0.438. The summed E-state index contributed by atoms with van der Waals surface area (Å²) in [6, 6.07) is 3.33. The van der Waals surface area contributed by atoms with Crippen molar-refractivity contribution < 1.29 is 19.7 Å². The summed E-state index contributed by atoms with van der Waals surface area (Å²) in [5.74, 6) is -1.61. The molecule has 8 heteroatoms. The Balaban J connectivity index is 2.02. The zero-order valence-electron chi connectivity index (χ0n) is 13.4. The number of nitrogens with zero attached hydrogens (tertiary/aromatic N) is 1. The standard InChI is InChI=1S/C16H21N3O4S/c1-23-12-8-7-10(13(14(12)20)15(21)22)9-17-19-16(24)18-11-5-3-2-4-6-11/h7-9,11,20H,2-6H2,1H3,(H,21,22)(H2,18,19,24)/b17-9+. The van der Waals surface area contributed by atoms with Gasteiger partial charge in [-0.25, -0.2) is 4.79 Å². The number of hydrogen-bond acceptors (Lipinski definition) is 5. The molecule has 2 rings (SSSR count). The van der Waals surface area contributed by atoms with Crippen LogP contribution in [0.4, 0.5) is 0 Å². The van der Waals surface area contributed by atoms with Crippen molar-refractivity contribution in [3.8, 4) is 11.5 Å². The number of carboxylic acids is 1. The molecule has 0 atom stereocenters. The lowest BCUT2D eigenvalue weighted by Gasteiger charge is -2.23. The van der Waals surface area contributed by atoms with Crippen LogP contribution in [0.3, 0.4) is 0 Å². The maximum absolute atomic E-state index is 11.3. The number of thiocarbonyl (C=S) groups is 1. The van der Waals surface area contributed by atoms with Gasteiger partial charge >= 0.3 is 5.97 Å². The maximum Gasteiger partial charge on any atom is 0.340 e. The van der Waals surface area contributed by atoms with E-state index in [1.54, 1.807) is 0 Å². The molecule has 24 heavy (non-hydrogen) atoms. The van der Waals surface area contributed by atoms with Gasteiger partial charge in [-0.2, -0.15) is 5.10 Å². The van der Waals surface area contributed by atoms with E-state index in [9.17, 15) is 15.0 Å². The number of hydrazone groups is 1. The normalized spacial score (nSPS) is 15.2. The second-order valence-corrected chi connectivity index (χ2v) is 5.97. The largest absolute Gasteiger partial charge is 0.504 e. The minimum absolute atomic E-state index is 0.0898. The first-order chi connectivity index (χ1) is 11.5. The third-order valence-corrected chi connectivity index (χ3v) is 4.13. The second-order valence-electron chi connectivity index (χ2n) is 5.56. The van der Waals surface area contributed by atoms with E-state index in [-0.39, 0.29) is 16.9 Å². The second kappa shape index (κ2) is 8.49. The zero-order valence-corrected chi connectivity index (χ0v) is 14.2. The molecule has 0 heterocycles. The molecule has 1 aromatic carbocycles. The number of nitrogens with one attached hydrogen (secondary N) is 2. The molecule has 0 aliphatic heterocycles. The van der Waals surface area contributed by atoms with E-state index >= 15 is 0 Å². The van der Waals surface area contributed by atoms with Crippen LogP contribution in [-0.4, -0.2) is 40.7 Å². The fourth-order valence-corrected chi connectivity index (χ4v) is 2.93. The zero-order chi connectivity index (χ0) is 17.5. The summed E-state index contributed by atoms with van der Waals surface area (Å²) in [7, 11) is 1.35. The number of methoxy groups -OCH3 is 1. The monoisotopic (exact) mass is 351 g/mol. The lowest BCUT2D eigenvalue weighted by atomic mass is 9.96. The number of hydrogen-bond donors (Lipinski definition) is 4. The highest BCUT2D eigenvalue weighted by Gasteiger charge is 2.18. The fourth-order valence-electron chi connectivity index (χ4n) is 2.71. The van der Waals surface area contributed by atoms with Gasteiger partial charge in [0.2, 0.25) is 0 Å². The van der Waals surface area contributed by atoms with Crippen LogP contribution in [0.2, 0.25) is 0 Å². The van der Waals surface area contributed by atoms with Crippen molar-refractivity contribution in [3.05, 3.63) is 23.3 Å². The summed E-state index contributed by atoms with van der Waals surface area (Å²) in [5, 5.41) is 26.7. The lowest BCUT2D eigenvalue weighted by molar-refractivity contribution is 0.0693. The summed E-state index contributed by atoms with van der Waals surface area (Å²) in [6.07, 6.45) is 7.11. The highest BCUT2D eigenvalue weighted by molar-refractivity contribution is 7.80. The first kappa shape index (κ1) is 18.0. The molecule has 0 aromatic heterocycles. The average Bonchev–Trinajstić information content (AvgIpc) is 2.55. The molecule has 1 aromatic rings. The van der Waals surface area contributed by atoms with E-state index in [0.29, 0.717) is 11.2 Å². The van der Waals surface area contributed by atoms with Crippen LogP contribution in [0.15, 0.2) is 17.2 Å². The van der Waals surface area contributed by atoms with Crippen molar-refractivity contribution in [2.24, 2.45) is 5.10 Å². The molecule has 1 aliphatic carbocycles. The molecule has 0 unspecified atom stereocenters. The quantitative estimate of drug-likeness (QED) is 0.366. The van der Waals surface area contributed by atoms with E-state index < -0.39 is 11.7 Å². The number of aromatic carboxylic acids is 1. The Labute approximate surface area is 145 Å². The van der Waals surface area contributed by atoms with Crippen LogP contribution in [0, 0.1) is 0 Å². The summed E-state index contributed by atoms with van der Waals surface area (Å²) >= 11 is 5.18. The number of carboxylic acid groups (broad SMARTS) is 1. The van der Waals surface area contributed by atoms with E-state index in [4.69, 9.17) is 17.0 Å². The molecule has 7 nitrogen and oxygen atoms in total. The predicted molar refractivity (Wildman–Crippen MR) is 95.0 cm³/mol. The van der Waals surface area contributed by atoms with Gasteiger partial charge in [0.05, 0.1) is 13.3 Å². The van der Waals surface area contributed by atoms with Gasteiger partial charge in [-0.3, -0.25) is 5.43 Å². The van der Waals surface area contributed by atoms with Gasteiger partial charge in [0.15, 0.2) is 16.6 Å². The van der Waals surface area contributed by atoms with Crippen molar-refractivity contribution in [1.82, 2.24) is 10.7 Å². The number of phenols is 1. The number of carbonyl (C=O) groups is 1. The van der Waals surface area contributed by atoms with Gasteiger partial charge < -0.3 is 20.3 Å². The number of aromatic hydroxyl groups is 1. The van der Waals surface area contributed by atoms with Gasteiger partial charge in [-0.05, 0) is 37.2 Å². The summed E-state index contributed by atoms with van der Waals surface area (Å²) in [6.45, 7) is 0. The summed E-state index contributed by atoms with van der Waals surface area (Å²) in [4.78, 5) is 11.3. The smallest absolute Gasteiger partial charge is 0.340 e. The van der Waals surface area contributed by atoms with E-state index in [1.165, 1.54) is 44.7 Å². The predicted octanol–water partition coefficient (Wildman–Crippen LogP) is 2.23. The Morgan fingerprint density at radius 1 is 1.38 bits per heavy atom.